The second kappa shape index (κ2) is 14.4. The van der Waals surface area contributed by atoms with Crippen LogP contribution in [0, 0.1) is 0 Å². The van der Waals surface area contributed by atoms with Gasteiger partial charge in [-0.15, -0.1) is 0 Å². The van der Waals surface area contributed by atoms with Gasteiger partial charge in [-0.2, -0.15) is 0 Å². The van der Waals surface area contributed by atoms with E-state index in [2.05, 4.69) is 217 Å². The molecule has 10 aromatic carbocycles. The Kier molecular flexibility index (Phi) is 8.04. The Labute approximate surface area is 379 Å². The van der Waals surface area contributed by atoms with Crippen LogP contribution in [0.15, 0.2) is 217 Å². The van der Waals surface area contributed by atoms with Crippen molar-refractivity contribution < 1.29 is 4.42 Å². The number of hydrogen-bond acceptors (Lipinski definition) is 4. The molecule has 1 unspecified atom stereocenters. The standard InChI is InChI=1S/C61H38N4O/c1-2-12-37(13-3-1)39-22-25-41(26-23-39)59-62-60(47-27-24-38-14-4-5-16-42(38)32-47)64-61(63-59)57-52(30-29-49-56-48-21-11-10-15-40(48)28-31-55(56)66-58(49)57)65-53-35-45-19-8-6-17-43(45)33-50(53)51-34-44-18-7-9-20-46(44)36-54(51)65/h1-12,14-37H,13H2. The van der Waals surface area contributed by atoms with Crippen LogP contribution < -0.4 is 0 Å². The van der Waals surface area contributed by atoms with Gasteiger partial charge in [-0.1, -0.05) is 164 Å². The summed E-state index contributed by atoms with van der Waals surface area (Å²) in [6.45, 7) is 0. The molecule has 0 aliphatic heterocycles. The molecule has 5 heteroatoms. The van der Waals surface area contributed by atoms with Crippen LogP contribution in [-0.4, -0.2) is 19.5 Å². The molecule has 0 bridgehead atoms. The van der Waals surface area contributed by atoms with Gasteiger partial charge in [-0.25, -0.2) is 15.0 Å². The summed E-state index contributed by atoms with van der Waals surface area (Å²) in [6, 6.07) is 67.5. The lowest BCUT2D eigenvalue weighted by molar-refractivity contribution is 0.669. The van der Waals surface area contributed by atoms with Crippen molar-refractivity contribution in [3.63, 3.8) is 0 Å². The summed E-state index contributed by atoms with van der Waals surface area (Å²) in [5.74, 6) is 2.05. The zero-order valence-corrected chi connectivity index (χ0v) is 35.7. The molecule has 1 aliphatic rings. The molecule has 3 heterocycles. The summed E-state index contributed by atoms with van der Waals surface area (Å²) in [7, 11) is 0. The van der Waals surface area contributed by atoms with Gasteiger partial charge in [0.15, 0.2) is 17.5 Å². The van der Waals surface area contributed by atoms with Gasteiger partial charge in [-0.05, 0) is 104 Å². The number of furan rings is 1. The van der Waals surface area contributed by atoms with E-state index in [0.717, 1.165) is 83.3 Å². The van der Waals surface area contributed by atoms with Gasteiger partial charge in [0.2, 0.25) is 0 Å². The molecule has 0 amide bonds. The molecule has 3 aromatic heterocycles. The van der Waals surface area contributed by atoms with Gasteiger partial charge in [0.25, 0.3) is 0 Å². The second-order valence-corrected chi connectivity index (χ2v) is 17.5. The number of fused-ring (bicyclic) bond motifs is 11. The van der Waals surface area contributed by atoms with Crippen LogP contribution in [-0.2, 0) is 0 Å². The van der Waals surface area contributed by atoms with Crippen LogP contribution in [0.5, 0.6) is 0 Å². The molecular weight excluding hydrogens is 805 g/mol. The SMILES string of the molecule is C1=CCC(c2ccc(-c3nc(-c4ccc5ccccc5c4)nc(-c4c(-n5c6cc7ccccc7cc6c6cc7ccccc7cc65)ccc5c4oc4ccc6ccccc6c45)n3)cc2)C=C1. The first-order chi connectivity index (χ1) is 32.7. The Morgan fingerprint density at radius 3 is 1.70 bits per heavy atom. The molecule has 0 saturated heterocycles. The number of allylic oxidation sites excluding steroid dienone is 4. The summed E-state index contributed by atoms with van der Waals surface area (Å²) >= 11 is 0. The van der Waals surface area contributed by atoms with Crippen LogP contribution in [0.3, 0.4) is 0 Å². The lowest BCUT2D eigenvalue weighted by atomic mass is 9.92. The number of rotatable bonds is 5. The minimum absolute atomic E-state index is 0.330. The number of benzene rings is 10. The molecular formula is C61H38N4O. The fourth-order valence-electron chi connectivity index (χ4n) is 10.4. The van der Waals surface area contributed by atoms with Gasteiger partial charge in [0, 0.05) is 38.6 Å². The third-order valence-corrected chi connectivity index (χ3v) is 13.7. The highest BCUT2D eigenvalue weighted by molar-refractivity contribution is 6.22. The highest BCUT2D eigenvalue weighted by Crippen LogP contribution is 2.45. The molecule has 13 aromatic rings. The zero-order valence-electron chi connectivity index (χ0n) is 35.7. The zero-order chi connectivity index (χ0) is 43.3. The summed E-state index contributed by atoms with van der Waals surface area (Å²) in [6.07, 6.45) is 9.73. The average molecular weight is 843 g/mol. The van der Waals surface area contributed by atoms with Crippen LogP contribution >= 0.6 is 0 Å². The fraction of sp³-hybridized carbons (Fsp3) is 0.0328. The summed E-state index contributed by atoms with van der Waals surface area (Å²) in [4.78, 5) is 16.3. The maximum atomic E-state index is 7.16. The Morgan fingerprint density at radius 2 is 1.02 bits per heavy atom. The fourth-order valence-corrected chi connectivity index (χ4v) is 10.4. The first kappa shape index (κ1) is 36.8. The first-order valence-corrected chi connectivity index (χ1v) is 22.6. The van der Waals surface area contributed by atoms with Crippen molar-refractivity contribution in [1.82, 2.24) is 19.5 Å². The van der Waals surface area contributed by atoms with E-state index in [1.54, 1.807) is 0 Å². The monoisotopic (exact) mass is 842 g/mol. The van der Waals surface area contributed by atoms with E-state index in [4.69, 9.17) is 19.4 Å². The van der Waals surface area contributed by atoms with E-state index >= 15 is 0 Å². The largest absolute Gasteiger partial charge is 0.455 e. The van der Waals surface area contributed by atoms with Crippen molar-refractivity contribution in [3.05, 3.63) is 218 Å². The molecule has 0 spiro atoms. The normalized spacial score (nSPS) is 14.0. The Morgan fingerprint density at radius 1 is 0.439 bits per heavy atom. The van der Waals surface area contributed by atoms with Gasteiger partial charge in [0.05, 0.1) is 22.3 Å². The number of nitrogens with zero attached hydrogens (tertiary/aromatic N) is 4. The van der Waals surface area contributed by atoms with Crippen molar-refractivity contribution in [2.24, 2.45) is 0 Å². The van der Waals surface area contributed by atoms with Crippen LogP contribution in [0.2, 0.25) is 0 Å². The van der Waals surface area contributed by atoms with E-state index in [1.165, 1.54) is 37.9 Å². The van der Waals surface area contributed by atoms with Gasteiger partial charge in [-0.3, -0.25) is 0 Å². The van der Waals surface area contributed by atoms with Crippen molar-refractivity contribution in [2.75, 3.05) is 0 Å². The second-order valence-electron chi connectivity index (χ2n) is 17.5. The first-order valence-electron chi connectivity index (χ1n) is 22.6. The summed E-state index contributed by atoms with van der Waals surface area (Å²) in [5.41, 5.74) is 8.53. The molecule has 1 aliphatic carbocycles. The topological polar surface area (TPSA) is 56.7 Å². The molecule has 0 N–H and O–H groups in total. The maximum absolute atomic E-state index is 7.16. The van der Waals surface area contributed by atoms with Crippen molar-refractivity contribution in [1.29, 1.82) is 0 Å². The van der Waals surface area contributed by atoms with E-state index in [-0.39, 0.29) is 0 Å². The molecule has 0 fully saturated rings. The van der Waals surface area contributed by atoms with E-state index in [0.29, 0.717) is 23.4 Å². The van der Waals surface area contributed by atoms with Crippen molar-refractivity contribution in [2.45, 2.75) is 12.3 Å². The highest BCUT2D eigenvalue weighted by atomic mass is 16.3. The predicted molar refractivity (Wildman–Crippen MR) is 273 cm³/mol. The third-order valence-electron chi connectivity index (χ3n) is 13.7. The minimum Gasteiger partial charge on any atom is -0.455 e. The number of aromatic nitrogens is 4. The van der Waals surface area contributed by atoms with Crippen LogP contribution in [0.4, 0.5) is 0 Å². The van der Waals surface area contributed by atoms with Gasteiger partial charge >= 0.3 is 0 Å². The lowest BCUT2D eigenvalue weighted by Crippen LogP contribution is -2.04. The highest BCUT2D eigenvalue weighted by Gasteiger charge is 2.26. The molecule has 0 radical (unpaired) electrons. The van der Waals surface area contributed by atoms with E-state index in [1.807, 2.05) is 0 Å². The van der Waals surface area contributed by atoms with E-state index in [9.17, 15) is 0 Å². The van der Waals surface area contributed by atoms with E-state index < -0.39 is 0 Å². The van der Waals surface area contributed by atoms with Crippen molar-refractivity contribution in [3.8, 4) is 39.9 Å². The Balaban J connectivity index is 1.11. The summed E-state index contributed by atoms with van der Waals surface area (Å²) < 4.78 is 9.56. The van der Waals surface area contributed by atoms with Gasteiger partial charge < -0.3 is 8.98 Å². The van der Waals surface area contributed by atoms with Gasteiger partial charge in [0.1, 0.15) is 11.2 Å². The summed E-state index contributed by atoms with van der Waals surface area (Å²) in [5, 5.41) is 13.7. The molecule has 66 heavy (non-hydrogen) atoms. The van der Waals surface area contributed by atoms with Crippen molar-refractivity contribution >= 4 is 86.8 Å². The molecule has 0 saturated carbocycles. The Bertz CT molecular complexity index is 4120. The smallest absolute Gasteiger partial charge is 0.170 e. The maximum Gasteiger partial charge on any atom is 0.170 e. The van der Waals surface area contributed by atoms with Crippen LogP contribution in [0.25, 0.3) is 127 Å². The molecule has 5 nitrogen and oxygen atoms in total. The molecule has 1 atom stereocenters. The lowest BCUT2D eigenvalue weighted by Gasteiger charge is -2.16. The Hall–Kier alpha value is -8.67. The third kappa shape index (κ3) is 5.76. The number of hydrogen-bond donors (Lipinski definition) is 0. The van der Waals surface area contributed by atoms with Crippen LogP contribution in [0.1, 0.15) is 17.9 Å². The average Bonchev–Trinajstić information content (AvgIpc) is 3.92. The quantitative estimate of drug-likeness (QED) is 0.173. The predicted octanol–water partition coefficient (Wildman–Crippen LogP) is 16.1. The minimum atomic E-state index is 0.330. The molecule has 308 valence electrons. The molecule has 14 rings (SSSR count).